The topological polar surface area (TPSA) is 66.4 Å². The van der Waals surface area contributed by atoms with Crippen LogP contribution in [0.4, 0.5) is 4.39 Å². The molecule has 0 radical (unpaired) electrons. The van der Waals surface area contributed by atoms with E-state index < -0.39 is 22.4 Å². The summed E-state index contributed by atoms with van der Waals surface area (Å²) in [6, 6.07) is 1.93. The van der Waals surface area contributed by atoms with Gasteiger partial charge in [0.15, 0.2) is 0 Å². The maximum Gasteiger partial charge on any atom is 0.240 e. The fourth-order valence-electron chi connectivity index (χ4n) is 2.01. The fourth-order valence-corrected chi connectivity index (χ4v) is 4.69. The lowest BCUT2D eigenvalue weighted by atomic mass is 10.2. The van der Waals surface area contributed by atoms with Crippen molar-refractivity contribution in [3.63, 3.8) is 0 Å². The van der Waals surface area contributed by atoms with Crippen LogP contribution in [0.2, 0.25) is 5.02 Å². The number of benzene rings is 1. The zero-order valence-corrected chi connectivity index (χ0v) is 13.0. The first-order chi connectivity index (χ1) is 9.44. The summed E-state index contributed by atoms with van der Waals surface area (Å²) in [5.74, 6) is 0.890. The lowest BCUT2D eigenvalue weighted by molar-refractivity contribution is 0.281. The van der Waals surface area contributed by atoms with Crippen LogP contribution in [-0.2, 0) is 16.6 Å². The molecule has 112 valence electrons. The van der Waals surface area contributed by atoms with Gasteiger partial charge in [0.05, 0.1) is 16.5 Å². The lowest BCUT2D eigenvalue weighted by Gasteiger charge is -2.22. The molecule has 2 N–H and O–H groups in total. The number of halogens is 2. The molecule has 0 saturated carbocycles. The summed E-state index contributed by atoms with van der Waals surface area (Å²) >= 11 is 7.34. The number of rotatable bonds is 4. The van der Waals surface area contributed by atoms with Crippen LogP contribution in [0.3, 0.4) is 0 Å². The molecule has 1 atom stereocenters. The molecule has 4 nitrogen and oxygen atoms in total. The van der Waals surface area contributed by atoms with E-state index in [4.69, 9.17) is 16.7 Å². The predicted octanol–water partition coefficient (Wildman–Crippen LogP) is 2.15. The van der Waals surface area contributed by atoms with Gasteiger partial charge in [-0.25, -0.2) is 17.5 Å². The summed E-state index contributed by atoms with van der Waals surface area (Å²) in [5.41, 5.74) is 0.0602. The van der Waals surface area contributed by atoms with Gasteiger partial charge in [-0.3, -0.25) is 0 Å². The van der Waals surface area contributed by atoms with E-state index in [1.54, 1.807) is 11.8 Å². The zero-order chi connectivity index (χ0) is 14.8. The molecule has 1 aliphatic rings. The van der Waals surface area contributed by atoms with Crippen LogP contribution in [-0.4, -0.2) is 31.1 Å². The van der Waals surface area contributed by atoms with Gasteiger partial charge in [0.25, 0.3) is 0 Å². The first-order valence-corrected chi connectivity index (χ1v) is 9.14. The Morgan fingerprint density at radius 2 is 2.25 bits per heavy atom. The van der Waals surface area contributed by atoms with E-state index in [-0.39, 0.29) is 21.5 Å². The van der Waals surface area contributed by atoms with Crippen molar-refractivity contribution in [1.82, 2.24) is 4.72 Å². The second-order valence-electron chi connectivity index (χ2n) is 4.57. The summed E-state index contributed by atoms with van der Waals surface area (Å²) in [6.07, 6.45) is 1.73. The number of aliphatic hydroxyl groups excluding tert-OH is 1. The highest BCUT2D eigenvalue weighted by molar-refractivity contribution is 7.99. The van der Waals surface area contributed by atoms with E-state index in [1.807, 2.05) is 0 Å². The van der Waals surface area contributed by atoms with Gasteiger partial charge in [-0.1, -0.05) is 11.6 Å². The van der Waals surface area contributed by atoms with E-state index in [1.165, 1.54) is 6.07 Å². The number of aliphatic hydroxyl groups is 1. The maximum absolute atomic E-state index is 13.6. The predicted molar refractivity (Wildman–Crippen MR) is 78.0 cm³/mol. The van der Waals surface area contributed by atoms with Crippen LogP contribution in [0.15, 0.2) is 17.0 Å². The third-order valence-corrected chi connectivity index (χ3v) is 6.18. The average molecular weight is 340 g/mol. The molecule has 2 rings (SSSR count). The van der Waals surface area contributed by atoms with E-state index in [2.05, 4.69) is 4.72 Å². The lowest BCUT2D eigenvalue weighted by Crippen LogP contribution is -2.38. The summed E-state index contributed by atoms with van der Waals surface area (Å²) in [7, 11) is -3.80. The van der Waals surface area contributed by atoms with Gasteiger partial charge in [-0.2, -0.15) is 11.8 Å². The molecule has 0 bridgehead atoms. The largest absolute Gasteiger partial charge is 0.392 e. The van der Waals surface area contributed by atoms with Gasteiger partial charge in [-0.15, -0.1) is 0 Å². The smallest absolute Gasteiger partial charge is 0.240 e. The summed E-state index contributed by atoms with van der Waals surface area (Å²) in [4.78, 5) is -0.209. The van der Waals surface area contributed by atoms with Crippen LogP contribution in [0.25, 0.3) is 0 Å². The molecule has 8 heteroatoms. The minimum absolute atomic E-state index is 0.0602. The summed E-state index contributed by atoms with van der Waals surface area (Å²) in [5, 5.41) is 8.83. The van der Waals surface area contributed by atoms with Crippen LogP contribution >= 0.6 is 23.4 Å². The van der Waals surface area contributed by atoms with E-state index in [0.717, 1.165) is 24.7 Å². The number of sulfonamides is 1. The normalized spacial score (nSPS) is 20.1. The Hall–Kier alpha value is -0.340. The Bertz CT molecular complexity index is 589. The highest BCUT2D eigenvalue weighted by atomic mass is 35.5. The SMILES string of the molecule is O=S(=O)(NC1CCCSC1)c1cc(F)c(Cl)c(CO)c1. The molecule has 0 aromatic heterocycles. The van der Waals surface area contributed by atoms with Crippen LogP contribution in [0.1, 0.15) is 18.4 Å². The Balaban J connectivity index is 2.26. The Labute approximate surface area is 126 Å². The minimum atomic E-state index is -3.80. The first-order valence-electron chi connectivity index (χ1n) is 6.13. The molecule has 20 heavy (non-hydrogen) atoms. The Morgan fingerprint density at radius 3 is 2.85 bits per heavy atom. The first kappa shape index (κ1) is 16.0. The van der Waals surface area contributed by atoms with E-state index in [9.17, 15) is 12.8 Å². The minimum Gasteiger partial charge on any atom is -0.392 e. The average Bonchev–Trinajstić information content (AvgIpc) is 2.42. The molecule has 1 fully saturated rings. The summed E-state index contributed by atoms with van der Waals surface area (Å²) in [6.45, 7) is -0.515. The van der Waals surface area contributed by atoms with Crippen LogP contribution in [0, 0.1) is 5.82 Å². The zero-order valence-electron chi connectivity index (χ0n) is 10.6. The van der Waals surface area contributed by atoms with Gasteiger partial charge in [-0.05, 0) is 30.7 Å². The van der Waals surface area contributed by atoms with E-state index >= 15 is 0 Å². The standard InChI is InChI=1S/C12H15ClFNO3S2/c13-12-8(6-16)4-10(5-11(12)14)20(17,18)15-9-2-1-3-19-7-9/h4-5,9,15-16H,1-3,6-7H2. The van der Waals surface area contributed by atoms with Crippen molar-refractivity contribution >= 4 is 33.4 Å². The molecular weight excluding hydrogens is 325 g/mol. The number of thioether (sulfide) groups is 1. The fraction of sp³-hybridized carbons (Fsp3) is 0.500. The van der Waals surface area contributed by atoms with Crippen molar-refractivity contribution in [2.75, 3.05) is 11.5 Å². The summed E-state index contributed by atoms with van der Waals surface area (Å²) < 4.78 is 40.6. The van der Waals surface area contributed by atoms with Gasteiger partial charge >= 0.3 is 0 Å². The molecule has 1 aliphatic heterocycles. The van der Waals surface area contributed by atoms with Crippen molar-refractivity contribution in [1.29, 1.82) is 0 Å². The number of hydrogen-bond donors (Lipinski definition) is 2. The molecule has 1 aromatic carbocycles. The third kappa shape index (κ3) is 3.65. The van der Waals surface area contributed by atoms with Crippen molar-refractivity contribution in [3.05, 3.63) is 28.5 Å². The molecule has 0 spiro atoms. The monoisotopic (exact) mass is 339 g/mol. The molecule has 0 aliphatic carbocycles. The number of nitrogens with one attached hydrogen (secondary N) is 1. The molecule has 1 unspecified atom stereocenters. The van der Waals surface area contributed by atoms with Crippen molar-refractivity contribution in [2.45, 2.75) is 30.4 Å². The van der Waals surface area contributed by atoms with Gasteiger partial charge in [0.1, 0.15) is 5.82 Å². The van der Waals surface area contributed by atoms with Crippen LogP contribution < -0.4 is 4.72 Å². The maximum atomic E-state index is 13.6. The van der Waals surface area contributed by atoms with E-state index in [0.29, 0.717) is 5.75 Å². The Morgan fingerprint density at radius 1 is 1.50 bits per heavy atom. The molecule has 1 aromatic rings. The second-order valence-corrected chi connectivity index (χ2v) is 7.81. The van der Waals surface area contributed by atoms with Crippen molar-refractivity contribution in [2.24, 2.45) is 0 Å². The quantitative estimate of drug-likeness (QED) is 0.882. The van der Waals surface area contributed by atoms with Gasteiger partial charge in [0.2, 0.25) is 10.0 Å². The highest BCUT2D eigenvalue weighted by Gasteiger charge is 2.24. The highest BCUT2D eigenvalue weighted by Crippen LogP contribution is 2.25. The molecule has 1 heterocycles. The molecular formula is C12H15ClFNO3S2. The van der Waals surface area contributed by atoms with Gasteiger partial charge in [0, 0.05) is 17.4 Å². The molecule has 0 amide bonds. The van der Waals surface area contributed by atoms with Crippen molar-refractivity contribution < 1.29 is 17.9 Å². The van der Waals surface area contributed by atoms with Gasteiger partial charge < -0.3 is 5.11 Å². The molecule has 1 saturated heterocycles. The third-order valence-electron chi connectivity index (χ3n) is 3.04. The Kier molecular flexibility index (Phi) is 5.30. The van der Waals surface area contributed by atoms with Crippen molar-refractivity contribution in [3.8, 4) is 0 Å². The number of hydrogen-bond acceptors (Lipinski definition) is 4. The van der Waals surface area contributed by atoms with Crippen LogP contribution in [0.5, 0.6) is 0 Å². The second kappa shape index (κ2) is 6.62.